The highest BCUT2D eigenvalue weighted by Crippen LogP contribution is 2.12. The van der Waals surface area contributed by atoms with Crippen LogP contribution in [0.2, 0.25) is 0 Å². The first kappa shape index (κ1) is 11.8. The van der Waals surface area contributed by atoms with Gasteiger partial charge in [-0.05, 0) is 18.6 Å². The van der Waals surface area contributed by atoms with Gasteiger partial charge in [0.1, 0.15) is 0 Å². The third-order valence-corrected chi connectivity index (χ3v) is 1.68. The van der Waals surface area contributed by atoms with Crippen molar-refractivity contribution >= 4 is 0 Å². The van der Waals surface area contributed by atoms with Crippen molar-refractivity contribution < 1.29 is 0 Å². The van der Waals surface area contributed by atoms with E-state index in [0.29, 0.717) is 6.04 Å². The van der Waals surface area contributed by atoms with Crippen molar-refractivity contribution in [2.24, 2.45) is 0 Å². The Morgan fingerprint density at radius 3 is 2.38 bits per heavy atom. The monoisotopic (exact) mass is 177 g/mol. The lowest BCUT2D eigenvalue weighted by molar-refractivity contribution is 0.728. The fourth-order valence-corrected chi connectivity index (χ4v) is 1.07. The summed E-state index contributed by atoms with van der Waals surface area (Å²) in [5, 5.41) is 3.27. The Morgan fingerprint density at radius 1 is 1.31 bits per heavy atom. The third kappa shape index (κ3) is 3.32. The number of hydrogen-bond acceptors (Lipinski definition) is 1. The van der Waals surface area contributed by atoms with Crippen LogP contribution in [0, 0.1) is 0 Å². The van der Waals surface area contributed by atoms with Crippen molar-refractivity contribution in [2.45, 2.75) is 26.8 Å². The smallest absolute Gasteiger partial charge is 0.0419 e. The molecule has 13 heavy (non-hydrogen) atoms. The van der Waals surface area contributed by atoms with Crippen molar-refractivity contribution in [3.05, 3.63) is 48.7 Å². The molecular weight excluding hydrogens is 158 g/mol. The topological polar surface area (TPSA) is 12.0 Å². The largest absolute Gasteiger partial charge is 0.379 e. The van der Waals surface area contributed by atoms with E-state index in [9.17, 15) is 0 Å². The zero-order chi connectivity index (χ0) is 10.3. The van der Waals surface area contributed by atoms with Crippen LogP contribution in [0.25, 0.3) is 0 Å². The third-order valence-electron chi connectivity index (χ3n) is 1.68. The summed E-state index contributed by atoms with van der Waals surface area (Å²) in [7, 11) is 0. The molecule has 1 rings (SSSR count). The average molecular weight is 177 g/mol. The van der Waals surface area contributed by atoms with E-state index in [4.69, 9.17) is 0 Å². The molecule has 1 aliphatic rings. The molecule has 1 nitrogen and oxygen atoms in total. The molecule has 0 saturated carbocycles. The molecule has 0 aromatic heterocycles. The minimum absolute atomic E-state index is 0.395. The zero-order valence-electron chi connectivity index (χ0n) is 8.80. The highest BCUT2D eigenvalue weighted by atomic mass is 14.9. The van der Waals surface area contributed by atoms with Gasteiger partial charge in [-0.15, -0.1) is 0 Å². The van der Waals surface area contributed by atoms with Crippen LogP contribution in [0.4, 0.5) is 0 Å². The van der Waals surface area contributed by atoms with Crippen LogP contribution in [0.15, 0.2) is 48.7 Å². The molecule has 0 amide bonds. The van der Waals surface area contributed by atoms with Crippen molar-refractivity contribution in [3.63, 3.8) is 0 Å². The molecule has 0 radical (unpaired) electrons. The van der Waals surface area contributed by atoms with E-state index in [2.05, 4.69) is 37.6 Å². The highest BCUT2D eigenvalue weighted by Gasteiger charge is 2.05. The summed E-state index contributed by atoms with van der Waals surface area (Å²) >= 11 is 0. The molecule has 1 heterocycles. The first-order chi connectivity index (χ1) is 6.27. The van der Waals surface area contributed by atoms with Crippen LogP contribution >= 0.6 is 0 Å². The molecule has 72 valence electrons. The Kier molecular flexibility index (Phi) is 5.69. The lowest BCUT2D eigenvalue weighted by Gasteiger charge is -2.18. The first-order valence-corrected chi connectivity index (χ1v) is 4.72. The van der Waals surface area contributed by atoms with Gasteiger partial charge in [-0.2, -0.15) is 0 Å². The van der Waals surface area contributed by atoms with E-state index in [-0.39, 0.29) is 0 Å². The Labute approximate surface area is 81.5 Å². The summed E-state index contributed by atoms with van der Waals surface area (Å²) in [4.78, 5) is 0. The van der Waals surface area contributed by atoms with Crippen LogP contribution in [-0.4, -0.2) is 6.04 Å². The molecule has 0 bridgehead atoms. The maximum atomic E-state index is 3.71. The van der Waals surface area contributed by atoms with Gasteiger partial charge in [0.25, 0.3) is 0 Å². The summed E-state index contributed by atoms with van der Waals surface area (Å²) in [6, 6.07) is 0.395. The van der Waals surface area contributed by atoms with Gasteiger partial charge in [0, 0.05) is 11.7 Å². The Bertz CT molecular complexity index is 234. The van der Waals surface area contributed by atoms with E-state index < -0.39 is 0 Å². The van der Waals surface area contributed by atoms with Crippen molar-refractivity contribution in [1.29, 1.82) is 0 Å². The molecule has 1 heteroatoms. The van der Waals surface area contributed by atoms with Gasteiger partial charge in [0.15, 0.2) is 0 Å². The summed E-state index contributed by atoms with van der Waals surface area (Å²) in [5.74, 6) is 0. The molecule has 0 aromatic rings. The van der Waals surface area contributed by atoms with Gasteiger partial charge in [-0.3, -0.25) is 0 Å². The second-order valence-corrected chi connectivity index (χ2v) is 2.57. The minimum Gasteiger partial charge on any atom is -0.379 e. The molecule has 1 unspecified atom stereocenters. The second kappa shape index (κ2) is 6.30. The molecular formula is C12H19N. The molecule has 1 N–H and O–H groups in total. The zero-order valence-corrected chi connectivity index (χ0v) is 8.80. The van der Waals surface area contributed by atoms with E-state index in [0.717, 1.165) is 11.3 Å². The molecule has 1 aliphatic heterocycles. The highest BCUT2D eigenvalue weighted by molar-refractivity contribution is 5.41. The molecule has 1 atom stereocenters. The maximum absolute atomic E-state index is 3.71. The van der Waals surface area contributed by atoms with Crippen LogP contribution in [-0.2, 0) is 0 Å². The summed E-state index contributed by atoms with van der Waals surface area (Å²) in [6.07, 6.45) is 7.80. The lowest BCUT2D eigenvalue weighted by atomic mass is 10.1. The minimum atomic E-state index is 0.395. The second-order valence-electron chi connectivity index (χ2n) is 2.57. The summed E-state index contributed by atoms with van der Waals surface area (Å²) in [5.41, 5.74) is 2.17. The lowest BCUT2D eigenvalue weighted by Crippen LogP contribution is -2.25. The Hall–Kier alpha value is -1.24. The van der Waals surface area contributed by atoms with Crippen molar-refractivity contribution in [2.75, 3.05) is 0 Å². The molecule has 0 spiro atoms. The van der Waals surface area contributed by atoms with E-state index in [1.807, 2.05) is 26.0 Å². The maximum Gasteiger partial charge on any atom is 0.0419 e. The number of nitrogens with one attached hydrogen (secondary N) is 1. The standard InChI is InChI=1S/C10H13N.C2H6/c1-4-9-7-6-8(3)11-10(9)5-2;1-2/h4-8,11H,1-2H2,3H3;1-2H3. The molecule has 0 aromatic carbocycles. The van der Waals surface area contributed by atoms with Crippen molar-refractivity contribution in [1.82, 2.24) is 5.32 Å². The van der Waals surface area contributed by atoms with Crippen LogP contribution in [0.1, 0.15) is 20.8 Å². The first-order valence-electron chi connectivity index (χ1n) is 4.72. The average Bonchev–Trinajstić information content (AvgIpc) is 2.20. The van der Waals surface area contributed by atoms with Crippen molar-refractivity contribution in [3.8, 4) is 0 Å². The number of hydrogen-bond donors (Lipinski definition) is 1. The molecule has 0 aliphatic carbocycles. The molecule has 0 fully saturated rings. The van der Waals surface area contributed by atoms with E-state index in [1.165, 1.54) is 0 Å². The molecule has 0 saturated heterocycles. The van der Waals surface area contributed by atoms with Crippen LogP contribution in [0.5, 0.6) is 0 Å². The predicted molar refractivity (Wildman–Crippen MR) is 60.5 cm³/mol. The normalized spacial score (nSPS) is 19.8. The SMILES string of the molecule is C=CC1=C(C=C)NC(C)C=C1.CC. The Morgan fingerprint density at radius 2 is 1.92 bits per heavy atom. The Balaban J connectivity index is 0.000000671. The van der Waals surface area contributed by atoms with Gasteiger partial charge in [0.2, 0.25) is 0 Å². The quantitative estimate of drug-likeness (QED) is 0.683. The fourth-order valence-electron chi connectivity index (χ4n) is 1.07. The van der Waals surface area contributed by atoms with Gasteiger partial charge >= 0.3 is 0 Å². The predicted octanol–water partition coefficient (Wildman–Crippen LogP) is 3.19. The number of rotatable bonds is 2. The number of dihydropyridines is 1. The van der Waals surface area contributed by atoms with Gasteiger partial charge in [0.05, 0.1) is 0 Å². The van der Waals surface area contributed by atoms with Crippen LogP contribution < -0.4 is 5.32 Å². The van der Waals surface area contributed by atoms with Gasteiger partial charge in [-0.1, -0.05) is 45.2 Å². The number of allylic oxidation sites excluding steroid dienone is 4. The van der Waals surface area contributed by atoms with E-state index in [1.54, 1.807) is 0 Å². The summed E-state index contributed by atoms with van der Waals surface area (Å²) < 4.78 is 0. The van der Waals surface area contributed by atoms with Gasteiger partial charge < -0.3 is 5.32 Å². The van der Waals surface area contributed by atoms with Crippen LogP contribution in [0.3, 0.4) is 0 Å². The summed E-state index contributed by atoms with van der Waals surface area (Å²) in [6.45, 7) is 13.5. The van der Waals surface area contributed by atoms with Gasteiger partial charge in [-0.25, -0.2) is 0 Å². The fraction of sp³-hybridized carbons (Fsp3) is 0.333. The van der Waals surface area contributed by atoms with E-state index >= 15 is 0 Å².